The summed E-state index contributed by atoms with van der Waals surface area (Å²) in [6.45, 7) is 3.89. The van der Waals surface area contributed by atoms with E-state index in [1.807, 2.05) is 26.0 Å². The second-order valence-electron chi connectivity index (χ2n) is 2.46. The smallest absolute Gasteiger partial charge is 0.0458 e. The van der Waals surface area contributed by atoms with Gasteiger partial charge in [-0.3, -0.25) is 0 Å². The predicted molar refractivity (Wildman–Crippen MR) is 45.3 cm³/mol. The Morgan fingerprint density at radius 1 is 1.30 bits per heavy atom. The van der Waals surface area contributed by atoms with Crippen molar-refractivity contribution in [1.29, 1.82) is 0 Å². The minimum absolute atomic E-state index is 0.748. The molecule has 0 unspecified atom stereocenters. The predicted octanol–water partition coefficient (Wildman–Crippen LogP) is 2.54. The Hall–Kier alpha value is -0.690. The summed E-state index contributed by atoms with van der Waals surface area (Å²) in [6, 6.07) is 3.83. The van der Waals surface area contributed by atoms with Crippen LogP contribution in [-0.4, -0.2) is 0 Å². The molecule has 0 aliphatic heterocycles. The van der Waals surface area contributed by atoms with Gasteiger partial charge in [-0.15, -0.1) is 0 Å². The molecule has 0 spiro atoms. The Morgan fingerprint density at radius 3 is 2.40 bits per heavy atom. The number of benzene rings is 1. The lowest BCUT2D eigenvalue weighted by atomic mass is 10.1. The molecule has 2 heteroatoms. The normalized spacial score (nSPS) is 9.90. The molecular formula is C8H10ClN. The second kappa shape index (κ2) is 2.51. The molecule has 54 valence electrons. The maximum Gasteiger partial charge on any atom is 0.0458 e. The Bertz CT molecular complexity index is 232. The van der Waals surface area contributed by atoms with Crippen LogP contribution in [-0.2, 0) is 0 Å². The molecule has 0 bridgehead atoms. The Morgan fingerprint density at radius 2 is 1.90 bits per heavy atom. The van der Waals surface area contributed by atoms with Crippen LogP contribution in [0, 0.1) is 13.8 Å². The molecule has 10 heavy (non-hydrogen) atoms. The van der Waals surface area contributed by atoms with E-state index in [9.17, 15) is 0 Å². The molecule has 0 aliphatic rings. The zero-order chi connectivity index (χ0) is 7.72. The van der Waals surface area contributed by atoms with Crippen molar-refractivity contribution < 1.29 is 0 Å². The monoisotopic (exact) mass is 155 g/mol. The van der Waals surface area contributed by atoms with Gasteiger partial charge >= 0.3 is 0 Å². The Balaban J connectivity index is 3.31. The second-order valence-corrected chi connectivity index (χ2v) is 2.87. The number of aryl methyl sites for hydroxylation is 1. The fourth-order valence-electron chi connectivity index (χ4n) is 0.841. The van der Waals surface area contributed by atoms with Gasteiger partial charge in [0.2, 0.25) is 0 Å². The summed E-state index contributed by atoms with van der Waals surface area (Å²) in [6.07, 6.45) is 0. The van der Waals surface area contributed by atoms with Crippen molar-refractivity contribution in [2.24, 2.45) is 0 Å². The summed E-state index contributed by atoms with van der Waals surface area (Å²) in [5.41, 5.74) is 8.48. The van der Waals surface area contributed by atoms with Crippen LogP contribution in [0.1, 0.15) is 11.1 Å². The van der Waals surface area contributed by atoms with Gasteiger partial charge in [-0.2, -0.15) is 0 Å². The average molecular weight is 156 g/mol. The van der Waals surface area contributed by atoms with Crippen molar-refractivity contribution in [1.82, 2.24) is 0 Å². The van der Waals surface area contributed by atoms with E-state index in [-0.39, 0.29) is 0 Å². The van der Waals surface area contributed by atoms with Crippen LogP contribution in [0.3, 0.4) is 0 Å². The first-order chi connectivity index (χ1) is 4.61. The minimum atomic E-state index is 0.748. The van der Waals surface area contributed by atoms with Gasteiger partial charge in [0.05, 0.1) is 0 Å². The minimum Gasteiger partial charge on any atom is -0.398 e. The largest absolute Gasteiger partial charge is 0.398 e. The number of rotatable bonds is 0. The molecular weight excluding hydrogens is 146 g/mol. The van der Waals surface area contributed by atoms with Gasteiger partial charge in [-0.1, -0.05) is 11.6 Å². The number of hydrogen-bond donors (Lipinski definition) is 1. The standard InChI is InChI=1S/C8H10ClN/c1-5-3-7(9)6(2)8(10)4-5/h3-4H,10H2,1-2H3. The molecule has 1 rings (SSSR count). The SMILES string of the molecule is Cc1cc(N)c(C)c(Cl)c1. The third-order valence-corrected chi connectivity index (χ3v) is 1.92. The highest BCUT2D eigenvalue weighted by Gasteiger charge is 1.98. The van der Waals surface area contributed by atoms with E-state index in [1.165, 1.54) is 0 Å². The lowest BCUT2D eigenvalue weighted by Crippen LogP contribution is -1.90. The van der Waals surface area contributed by atoms with Gasteiger partial charge in [0.15, 0.2) is 0 Å². The van der Waals surface area contributed by atoms with Gasteiger partial charge < -0.3 is 5.73 Å². The van der Waals surface area contributed by atoms with Crippen molar-refractivity contribution in [2.75, 3.05) is 5.73 Å². The van der Waals surface area contributed by atoms with Gasteiger partial charge in [0, 0.05) is 10.7 Å². The van der Waals surface area contributed by atoms with Crippen LogP contribution >= 0.6 is 11.6 Å². The molecule has 0 aliphatic carbocycles. The molecule has 0 atom stereocenters. The van der Waals surface area contributed by atoms with E-state index in [1.54, 1.807) is 0 Å². The maximum absolute atomic E-state index is 5.84. The quantitative estimate of drug-likeness (QED) is 0.573. The zero-order valence-electron chi connectivity index (χ0n) is 6.11. The van der Waals surface area contributed by atoms with E-state index >= 15 is 0 Å². The maximum atomic E-state index is 5.84. The van der Waals surface area contributed by atoms with E-state index < -0.39 is 0 Å². The Labute approximate surface area is 65.8 Å². The van der Waals surface area contributed by atoms with Crippen molar-refractivity contribution in [3.05, 3.63) is 28.3 Å². The van der Waals surface area contributed by atoms with Crippen LogP contribution < -0.4 is 5.73 Å². The van der Waals surface area contributed by atoms with E-state index in [2.05, 4.69) is 0 Å². The molecule has 1 aromatic rings. The topological polar surface area (TPSA) is 26.0 Å². The van der Waals surface area contributed by atoms with Crippen LogP contribution in [0.15, 0.2) is 12.1 Å². The average Bonchev–Trinajstić information content (AvgIpc) is 1.82. The van der Waals surface area contributed by atoms with Crippen LogP contribution in [0.4, 0.5) is 5.69 Å². The number of nitrogen functional groups attached to an aromatic ring is 1. The molecule has 2 N–H and O–H groups in total. The Kier molecular flexibility index (Phi) is 1.86. The lowest BCUT2D eigenvalue weighted by Gasteiger charge is -2.02. The number of halogens is 1. The van der Waals surface area contributed by atoms with E-state index in [0.29, 0.717) is 0 Å². The molecule has 0 radical (unpaired) electrons. The molecule has 0 aromatic heterocycles. The summed E-state index contributed by atoms with van der Waals surface area (Å²) in [5, 5.41) is 0.748. The molecule has 0 heterocycles. The van der Waals surface area contributed by atoms with Crippen molar-refractivity contribution >= 4 is 17.3 Å². The lowest BCUT2D eigenvalue weighted by molar-refractivity contribution is 1.40. The van der Waals surface area contributed by atoms with Crippen molar-refractivity contribution in [3.63, 3.8) is 0 Å². The van der Waals surface area contributed by atoms with Crippen LogP contribution in [0.5, 0.6) is 0 Å². The first-order valence-corrected chi connectivity index (χ1v) is 3.51. The van der Waals surface area contributed by atoms with Gasteiger partial charge in [0.25, 0.3) is 0 Å². The van der Waals surface area contributed by atoms with Crippen molar-refractivity contribution in [2.45, 2.75) is 13.8 Å². The van der Waals surface area contributed by atoms with E-state index in [4.69, 9.17) is 17.3 Å². The molecule has 0 fully saturated rings. The summed E-state index contributed by atoms with van der Waals surface area (Å²) >= 11 is 5.84. The van der Waals surface area contributed by atoms with Crippen LogP contribution in [0.25, 0.3) is 0 Å². The highest BCUT2D eigenvalue weighted by atomic mass is 35.5. The van der Waals surface area contributed by atoms with Gasteiger partial charge in [0.1, 0.15) is 0 Å². The highest BCUT2D eigenvalue weighted by Crippen LogP contribution is 2.22. The fraction of sp³-hybridized carbons (Fsp3) is 0.250. The third kappa shape index (κ3) is 1.24. The number of anilines is 1. The number of nitrogens with two attached hydrogens (primary N) is 1. The zero-order valence-corrected chi connectivity index (χ0v) is 6.87. The van der Waals surface area contributed by atoms with E-state index in [0.717, 1.165) is 21.8 Å². The third-order valence-electron chi connectivity index (χ3n) is 1.53. The molecule has 1 nitrogen and oxygen atoms in total. The molecule has 0 saturated carbocycles. The first kappa shape index (κ1) is 7.42. The fourth-order valence-corrected chi connectivity index (χ4v) is 1.12. The van der Waals surface area contributed by atoms with Crippen molar-refractivity contribution in [3.8, 4) is 0 Å². The molecule has 1 aromatic carbocycles. The summed E-state index contributed by atoms with van der Waals surface area (Å²) < 4.78 is 0. The summed E-state index contributed by atoms with van der Waals surface area (Å²) in [5.74, 6) is 0. The summed E-state index contributed by atoms with van der Waals surface area (Å²) in [4.78, 5) is 0. The van der Waals surface area contributed by atoms with Gasteiger partial charge in [-0.05, 0) is 37.1 Å². The highest BCUT2D eigenvalue weighted by molar-refractivity contribution is 6.31. The number of hydrogen-bond acceptors (Lipinski definition) is 1. The summed E-state index contributed by atoms with van der Waals surface area (Å²) in [7, 11) is 0. The molecule has 0 saturated heterocycles. The first-order valence-electron chi connectivity index (χ1n) is 3.13. The van der Waals surface area contributed by atoms with Gasteiger partial charge in [-0.25, -0.2) is 0 Å². The molecule has 0 amide bonds. The van der Waals surface area contributed by atoms with Crippen LogP contribution in [0.2, 0.25) is 5.02 Å².